The van der Waals surface area contributed by atoms with Crippen molar-refractivity contribution >= 4 is 21.9 Å². The van der Waals surface area contributed by atoms with E-state index in [1.165, 1.54) is 4.31 Å². The highest BCUT2D eigenvalue weighted by atomic mass is 32.2. The minimum absolute atomic E-state index is 0.0897. The first-order valence-corrected chi connectivity index (χ1v) is 10.3. The molecule has 0 unspecified atom stereocenters. The van der Waals surface area contributed by atoms with Crippen LogP contribution in [0.25, 0.3) is 0 Å². The maximum Gasteiger partial charge on any atom is 0.231 e. The number of nitrogens with zero attached hydrogens (tertiary/aromatic N) is 4. The number of amides is 1. The van der Waals surface area contributed by atoms with E-state index in [1.54, 1.807) is 17.8 Å². The molecule has 8 nitrogen and oxygen atoms in total. The summed E-state index contributed by atoms with van der Waals surface area (Å²) in [7, 11) is -3.19. The molecule has 9 heteroatoms. The molecule has 2 aromatic rings. The predicted octanol–water partition coefficient (Wildman–Crippen LogP) is 1.33. The number of carbonyl (C=O) groups excluding carboxylic acids is 1. The lowest BCUT2D eigenvalue weighted by Gasteiger charge is -2.30. The molecular weight excluding hydrogens is 354 g/mol. The van der Waals surface area contributed by atoms with Gasteiger partial charge in [0.25, 0.3) is 0 Å². The molecule has 1 amide bonds. The second kappa shape index (κ2) is 7.96. The second-order valence-corrected chi connectivity index (χ2v) is 8.59. The van der Waals surface area contributed by atoms with Crippen molar-refractivity contribution in [2.45, 2.75) is 26.3 Å². The number of aromatic nitrogens is 3. The Morgan fingerprint density at radius 1 is 1.23 bits per heavy atom. The molecule has 2 heterocycles. The lowest BCUT2D eigenvalue weighted by atomic mass is 9.97. The van der Waals surface area contributed by atoms with E-state index in [0.717, 1.165) is 5.56 Å². The molecule has 0 saturated carbocycles. The summed E-state index contributed by atoms with van der Waals surface area (Å²) >= 11 is 0. The number of nitrogens with one attached hydrogen (secondary N) is 1. The molecular formula is C17H23N5O3S. The van der Waals surface area contributed by atoms with Gasteiger partial charge in [-0.25, -0.2) is 12.7 Å². The quantitative estimate of drug-likeness (QED) is 0.819. The number of carbonyl (C=O) groups is 1. The van der Waals surface area contributed by atoms with Crippen LogP contribution in [-0.4, -0.2) is 52.2 Å². The average molecular weight is 377 g/mol. The lowest BCUT2D eigenvalue weighted by molar-refractivity contribution is -0.121. The molecule has 140 valence electrons. The summed E-state index contributed by atoms with van der Waals surface area (Å²) in [6.45, 7) is 2.96. The van der Waals surface area contributed by atoms with E-state index >= 15 is 0 Å². The normalized spacial score (nSPS) is 16.5. The Hall–Kier alpha value is -2.26. The second-order valence-electron chi connectivity index (χ2n) is 6.33. The SMILES string of the molecule is CCS(=O)(=O)N1CCC(C(=O)Nc2nncn2Cc2ccccc2)CC1. The highest BCUT2D eigenvalue weighted by Crippen LogP contribution is 2.21. The van der Waals surface area contributed by atoms with Gasteiger partial charge in [0.05, 0.1) is 12.3 Å². The molecule has 0 atom stereocenters. The Morgan fingerprint density at radius 2 is 1.92 bits per heavy atom. The van der Waals surface area contributed by atoms with Crippen molar-refractivity contribution in [2.75, 3.05) is 24.2 Å². The Kier molecular flexibility index (Phi) is 5.67. The third-order valence-electron chi connectivity index (χ3n) is 4.63. The van der Waals surface area contributed by atoms with Crippen molar-refractivity contribution in [1.29, 1.82) is 0 Å². The third kappa shape index (κ3) is 4.28. The Bertz CT molecular complexity index is 842. The van der Waals surface area contributed by atoms with Gasteiger partial charge in [-0.1, -0.05) is 30.3 Å². The zero-order valence-electron chi connectivity index (χ0n) is 14.7. The van der Waals surface area contributed by atoms with Gasteiger partial charge in [-0.2, -0.15) is 0 Å². The Labute approximate surface area is 153 Å². The zero-order valence-corrected chi connectivity index (χ0v) is 15.5. The average Bonchev–Trinajstić information content (AvgIpc) is 3.09. The Balaban J connectivity index is 1.59. The van der Waals surface area contributed by atoms with Crippen LogP contribution in [0, 0.1) is 5.92 Å². The minimum atomic E-state index is -3.19. The summed E-state index contributed by atoms with van der Waals surface area (Å²) in [4.78, 5) is 12.5. The number of hydrogen-bond acceptors (Lipinski definition) is 5. The van der Waals surface area contributed by atoms with Gasteiger partial charge < -0.3 is 0 Å². The number of rotatable bonds is 6. The van der Waals surface area contributed by atoms with E-state index in [2.05, 4.69) is 15.5 Å². The molecule has 1 aliphatic rings. The van der Waals surface area contributed by atoms with Crippen LogP contribution >= 0.6 is 0 Å². The molecule has 1 aromatic carbocycles. The van der Waals surface area contributed by atoms with E-state index in [1.807, 2.05) is 30.3 Å². The van der Waals surface area contributed by atoms with Crippen LogP contribution in [0.2, 0.25) is 0 Å². The molecule has 0 spiro atoms. The Morgan fingerprint density at radius 3 is 2.58 bits per heavy atom. The van der Waals surface area contributed by atoms with Crippen LogP contribution in [0.1, 0.15) is 25.3 Å². The molecule has 0 bridgehead atoms. The van der Waals surface area contributed by atoms with Gasteiger partial charge in [-0.15, -0.1) is 10.2 Å². The molecule has 1 saturated heterocycles. The standard InChI is InChI=1S/C17H23N5O3S/c1-2-26(24,25)22-10-8-15(9-11-22)16(23)19-17-20-18-13-21(17)12-14-6-4-3-5-7-14/h3-7,13,15H,2,8-12H2,1H3,(H,19,20,23). The number of benzene rings is 1. The predicted molar refractivity (Wildman–Crippen MR) is 98.0 cm³/mol. The monoisotopic (exact) mass is 377 g/mol. The molecule has 0 radical (unpaired) electrons. The van der Waals surface area contributed by atoms with Crippen molar-refractivity contribution in [3.8, 4) is 0 Å². The lowest BCUT2D eigenvalue weighted by Crippen LogP contribution is -2.42. The summed E-state index contributed by atoms with van der Waals surface area (Å²) < 4.78 is 27.1. The first-order valence-electron chi connectivity index (χ1n) is 8.70. The van der Waals surface area contributed by atoms with Crippen molar-refractivity contribution in [2.24, 2.45) is 5.92 Å². The van der Waals surface area contributed by atoms with Crippen molar-refractivity contribution < 1.29 is 13.2 Å². The first-order chi connectivity index (χ1) is 12.5. The van der Waals surface area contributed by atoms with Crippen LogP contribution in [-0.2, 0) is 21.4 Å². The zero-order chi connectivity index (χ0) is 18.6. The summed E-state index contributed by atoms with van der Waals surface area (Å²) in [6, 6.07) is 9.85. The summed E-state index contributed by atoms with van der Waals surface area (Å²) in [5.74, 6) is 0.135. The van der Waals surface area contributed by atoms with E-state index in [9.17, 15) is 13.2 Å². The van der Waals surface area contributed by atoms with Crippen LogP contribution in [0.15, 0.2) is 36.7 Å². The highest BCUT2D eigenvalue weighted by molar-refractivity contribution is 7.89. The fourth-order valence-electron chi connectivity index (χ4n) is 3.04. The number of sulfonamides is 1. The van der Waals surface area contributed by atoms with Gasteiger partial charge in [0.1, 0.15) is 6.33 Å². The van der Waals surface area contributed by atoms with Crippen molar-refractivity contribution in [3.63, 3.8) is 0 Å². The molecule has 1 aliphatic heterocycles. The van der Waals surface area contributed by atoms with Crippen molar-refractivity contribution in [3.05, 3.63) is 42.2 Å². The smallest absolute Gasteiger partial charge is 0.231 e. The number of piperidine rings is 1. The topological polar surface area (TPSA) is 97.2 Å². The summed E-state index contributed by atoms with van der Waals surface area (Å²) in [6.07, 6.45) is 2.61. The molecule has 1 aromatic heterocycles. The number of hydrogen-bond donors (Lipinski definition) is 1. The van der Waals surface area contributed by atoms with Crippen LogP contribution in [0.3, 0.4) is 0 Å². The van der Waals surface area contributed by atoms with Gasteiger partial charge in [0, 0.05) is 19.0 Å². The minimum Gasteiger partial charge on any atom is -0.295 e. The first kappa shape index (κ1) is 18.5. The molecule has 1 fully saturated rings. The van der Waals surface area contributed by atoms with Crippen LogP contribution in [0.5, 0.6) is 0 Å². The fourth-order valence-corrected chi connectivity index (χ4v) is 4.17. The highest BCUT2D eigenvalue weighted by Gasteiger charge is 2.30. The number of anilines is 1. The van der Waals surface area contributed by atoms with Gasteiger partial charge in [-0.3, -0.25) is 14.7 Å². The fraction of sp³-hybridized carbons (Fsp3) is 0.471. The van der Waals surface area contributed by atoms with Crippen LogP contribution in [0.4, 0.5) is 5.95 Å². The van der Waals surface area contributed by atoms with E-state index in [-0.39, 0.29) is 17.6 Å². The summed E-state index contributed by atoms with van der Waals surface area (Å²) in [5.41, 5.74) is 1.08. The van der Waals surface area contributed by atoms with Gasteiger partial charge in [-0.05, 0) is 25.3 Å². The van der Waals surface area contributed by atoms with Gasteiger partial charge in [0.2, 0.25) is 21.9 Å². The molecule has 0 aliphatic carbocycles. The van der Waals surface area contributed by atoms with Crippen molar-refractivity contribution in [1.82, 2.24) is 19.1 Å². The van der Waals surface area contributed by atoms with Gasteiger partial charge >= 0.3 is 0 Å². The maximum atomic E-state index is 12.5. The van der Waals surface area contributed by atoms with E-state index < -0.39 is 10.0 Å². The molecule has 3 rings (SSSR count). The molecule has 1 N–H and O–H groups in total. The van der Waals surface area contributed by atoms with Gasteiger partial charge in [0.15, 0.2) is 0 Å². The van der Waals surface area contributed by atoms with E-state index in [4.69, 9.17) is 0 Å². The van der Waals surface area contributed by atoms with E-state index in [0.29, 0.717) is 38.4 Å². The maximum absolute atomic E-state index is 12.5. The largest absolute Gasteiger partial charge is 0.295 e. The third-order valence-corrected chi connectivity index (χ3v) is 6.51. The van der Waals surface area contributed by atoms with Crippen LogP contribution < -0.4 is 5.32 Å². The molecule has 26 heavy (non-hydrogen) atoms. The summed E-state index contributed by atoms with van der Waals surface area (Å²) in [5, 5.41) is 10.7.